The van der Waals surface area contributed by atoms with Crippen molar-refractivity contribution in [3.05, 3.63) is 54.1 Å². The molecule has 0 radical (unpaired) electrons. The first-order chi connectivity index (χ1) is 29.5. The maximum atomic E-state index is 10.4. The van der Waals surface area contributed by atoms with E-state index in [9.17, 15) is 28.8 Å². The summed E-state index contributed by atoms with van der Waals surface area (Å²) in [5.74, 6) is -5.07. The summed E-state index contributed by atoms with van der Waals surface area (Å²) in [7, 11) is 0. The Kier molecular flexibility index (Phi) is 42.7. The van der Waals surface area contributed by atoms with Gasteiger partial charge in [0, 0.05) is 19.2 Å². The molecule has 0 aliphatic heterocycles. The summed E-state index contributed by atoms with van der Waals surface area (Å²) < 4.78 is 0. The van der Waals surface area contributed by atoms with Gasteiger partial charge < -0.3 is 92.5 Å². The Morgan fingerprint density at radius 3 is 1.43 bits per heavy atom. The largest absolute Gasteiger partial charge is 0.480 e. The number of guanidine groups is 1. The van der Waals surface area contributed by atoms with Crippen molar-refractivity contribution in [2.75, 3.05) is 31.6 Å². The Balaban J connectivity index is -0.000000333. The van der Waals surface area contributed by atoms with Crippen LogP contribution in [0.1, 0.15) is 62.6 Å². The van der Waals surface area contributed by atoms with Gasteiger partial charge in [-0.15, -0.1) is 0 Å². The number of carboxylic acids is 6. The number of rotatable bonds is 24. The summed E-state index contributed by atoms with van der Waals surface area (Å²) in [5, 5.41) is 59.5. The highest BCUT2D eigenvalue weighted by Gasteiger charge is 2.14. The van der Waals surface area contributed by atoms with Crippen LogP contribution in [0.4, 0.5) is 0 Å². The molecular weight excluding hydrogens is 851 g/mol. The molecule has 0 fully saturated rings. The van der Waals surface area contributed by atoms with E-state index >= 15 is 0 Å². The topological polar surface area (TPSA) is 523 Å². The highest BCUT2D eigenvalue weighted by atomic mass is 32.2. The first-order valence-corrected chi connectivity index (χ1v) is 20.8. The van der Waals surface area contributed by atoms with E-state index in [4.69, 9.17) is 87.7 Å². The van der Waals surface area contributed by atoms with Crippen molar-refractivity contribution < 1.29 is 59.4 Å². The number of H-pyrrole nitrogens is 1. The summed E-state index contributed by atoms with van der Waals surface area (Å²) >= 11 is 1.60. The number of hydrogen-bond acceptors (Lipinski definition) is 17. The molecule has 0 amide bonds. The molecule has 0 bridgehead atoms. The number of thioether (sulfide) groups is 1. The van der Waals surface area contributed by atoms with Crippen LogP contribution in [-0.4, -0.2) is 150 Å². The predicted octanol–water partition coefficient (Wildman–Crippen LogP) is -2.52. The molecule has 26 heteroatoms. The fraction of sp³-hybridized carbons (Fsp3) is 0.568. The summed E-state index contributed by atoms with van der Waals surface area (Å²) in [6, 6.07) is 4.72. The fourth-order valence-corrected chi connectivity index (χ4v) is 4.29. The van der Waals surface area contributed by atoms with Gasteiger partial charge in [-0.05, 0) is 82.0 Å². The van der Waals surface area contributed by atoms with E-state index in [1.54, 1.807) is 18.0 Å². The van der Waals surface area contributed by atoms with Crippen LogP contribution in [-0.2, 0) is 41.6 Å². The van der Waals surface area contributed by atoms with E-state index in [1.807, 2.05) is 36.6 Å². The predicted molar refractivity (Wildman–Crippen MR) is 239 cm³/mol. The molecule has 0 saturated heterocycles. The number of hydrogen-bond donors (Lipinski definition) is 18. The van der Waals surface area contributed by atoms with Crippen LogP contribution < -0.4 is 56.9 Å². The molecule has 6 atom stereocenters. The molecule has 1 aromatic carbocycles. The van der Waals surface area contributed by atoms with Gasteiger partial charge in [0.1, 0.15) is 36.3 Å². The molecule has 0 aliphatic carbocycles. The van der Waals surface area contributed by atoms with Gasteiger partial charge in [0.25, 0.3) is 0 Å². The minimum absolute atomic E-state index is 0.112. The lowest BCUT2D eigenvalue weighted by molar-refractivity contribution is -0.139. The number of aromatic nitrogens is 2. The Hall–Kier alpha value is -5.45. The van der Waals surface area contributed by atoms with Crippen molar-refractivity contribution in [1.29, 1.82) is 5.41 Å². The second-order valence-corrected chi connectivity index (χ2v) is 14.1. The molecule has 25 nitrogen and oxygen atoms in total. The second-order valence-electron chi connectivity index (χ2n) is 13.1. The van der Waals surface area contributed by atoms with Crippen molar-refractivity contribution >= 4 is 53.5 Å². The van der Waals surface area contributed by atoms with Crippen LogP contribution >= 0.6 is 11.8 Å². The molecule has 0 spiro atoms. The zero-order valence-electron chi connectivity index (χ0n) is 35.6. The maximum Gasteiger partial charge on any atom is 0.320 e. The molecule has 362 valence electrons. The molecule has 0 aliphatic rings. The fourth-order valence-electron chi connectivity index (χ4n) is 3.80. The zero-order valence-corrected chi connectivity index (χ0v) is 36.4. The number of imidazole rings is 1. The van der Waals surface area contributed by atoms with Crippen LogP contribution in [0.3, 0.4) is 0 Å². The molecule has 2 rings (SSSR count). The average Bonchev–Trinajstić information content (AvgIpc) is 3.74. The number of aromatic amines is 1. The van der Waals surface area contributed by atoms with Crippen molar-refractivity contribution in [2.24, 2.45) is 51.6 Å². The van der Waals surface area contributed by atoms with E-state index in [0.717, 1.165) is 24.2 Å². The second kappa shape index (κ2) is 41.9. The third kappa shape index (κ3) is 44.4. The number of carbonyl (C=O) groups is 6. The number of aliphatic carboxylic acids is 6. The number of carboxylic acid groups (broad SMARTS) is 6. The number of nitrogens with zero attached hydrogens (tertiary/aromatic N) is 1. The van der Waals surface area contributed by atoms with E-state index in [0.29, 0.717) is 70.3 Å². The SMILES string of the molecule is CSCCC(N)C(=O)O.N=C(N)NCCCC(N)C(=O)O.NC(Cc1c[nH]cn1)C(=O)O.NC(Cc1ccccc1)C(=O)O.NCCCC(N)C(=O)O.NCCCCC(N)C(=O)O. The monoisotopic (exact) mass is 922 g/mol. The van der Waals surface area contributed by atoms with Gasteiger partial charge in [-0.2, -0.15) is 11.8 Å². The van der Waals surface area contributed by atoms with Gasteiger partial charge in [-0.25, -0.2) is 4.98 Å². The summed E-state index contributed by atoms with van der Waals surface area (Å²) in [5.41, 5.74) is 48.3. The van der Waals surface area contributed by atoms with Crippen molar-refractivity contribution in [3.63, 3.8) is 0 Å². The molecular formula is C37H71N13O12S. The molecule has 1 aromatic heterocycles. The first kappa shape index (κ1) is 64.2. The number of nitrogens with one attached hydrogen (secondary N) is 3. The van der Waals surface area contributed by atoms with Crippen LogP contribution in [0.5, 0.6) is 0 Å². The van der Waals surface area contributed by atoms with Crippen LogP contribution in [0.15, 0.2) is 42.9 Å². The Morgan fingerprint density at radius 1 is 0.635 bits per heavy atom. The van der Waals surface area contributed by atoms with E-state index in [1.165, 1.54) is 6.33 Å². The van der Waals surface area contributed by atoms with Gasteiger partial charge in [0.15, 0.2) is 5.96 Å². The Morgan fingerprint density at radius 2 is 1.05 bits per heavy atom. The number of unbranched alkanes of at least 4 members (excludes halogenated alkanes) is 1. The maximum absolute atomic E-state index is 10.4. The third-order valence-corrected chi connectivity index (χ3v) is 8.16. The third-order valence-electron chi connectivity index (χ3n) is 7.51. The van der Waals surface area contributed by atoms with Gasteiger partial charge in [-0.1, -0.05) is 36.8 Å². The lowest BCUT2D eigenvalue weighted by Gasteiger charge is -2.06. The Labute approximate surface area is 370 Å². The summed E-state index contributed by atoms with van der Waals surface area (Å²) in [4.78, 5) is 67.7. The van der Waals surface area contributed by atoms with E-state index in [2.05, 4.69) is 15.3 Å². The van der Waals surface area contributed by atoms with E-state index in [-0.39, 0.29) is 12.4 Å². The lowest BCUT2D eigenvalue weighted by atomic mass is 10.1. The minimum atomic E-state index is -1.01. The molecule has 1 heterocycles. The molecule has 6 unspecified atom stereocenters. The minimum Gasteiger partial charge on any atom is -0.480 e. The quantitative estimate of drug-likeness (QED) is 0.0293. The zero-order chi connectivity index (χ0) is 49.3. The molecule has 0 saturated carbocycles. The number of nitrogens with two attached hydrogens (primary N) is 9. The number of benzene rings is 1. The van der Waals surface area contributed by atoms with Gasteiger partial charge >= 0.3 is 35.8 Å². The van der Waals surface area contributed by atoms with Crippen LogP contribution in [0, 0.1) is 5.41 Å². The van der Waals surface area contributed by atoms with Gasteiger partial charge in [-0.3, -0.25) is 34.2 Å². The van der Waals surface area contributed by atoms with Crippen molar-refractivity contribution in [3.8, 4) is 0 Å². The molecule has 27 N–H and O–H groups in total. The standard InChI is InChI=1S/C9H11NO2.C6H14N4O2.C6H9N3O2.C6H14N2O2.C5H12N2O2.C5H11NO2S/c10-8(9(11)12)6-7-4-2-1-3-5-7;7-4(5(11)12)2-1-3-10-6(8)9;7-5(6(10)11)1-4-2-8-3-9-4;7-4-2-1-3-5(8)6(9)10;6-3-1-2-4(7)5(8)9;1-9-3-2-4(6)5(7)8/h1-5,8H,6,10H2,(H,11,12);4H,1-3,7H2,(H,11,12)(H4,8,9,10);2-3,5H,1,7H2,(H,8,9)(H,10,11);5H,1-4,7-8H2,(H,9,10);4H,1-3,6-7H2,(H,8,9);4H,2-3,6H2,1H3,(H,7,8). The highest BCUT2D eigenvalue weighted by molar-refractivity contribution is 7.98. The van der Waals surface area contributed by atoms with Gasteiger partial charge in [0.05, 0.1) is 12.0 Å². The van der Waals surface area contributed by atoms with Crippen LogP contribution in [0.25, 0.3) is 0 Å². The molecule has 2 aromatic rings. The summed E-state index contributed by atoms with van der Waals surface area (Å²) in [6.07, 6.45) is 10.5. The average molecular weight is 922 g/mol. The van der Waals surface area contributed by atoms with Crippen molar-refractivity contribution in [2.45, 2.75) is 100 Å². The van der Waals surface area contributed by atoms with E-state index < -0.39 is 72.1 Å². The lowest BCUT2D eigenvalue weighted by Crippen LogP contribution is -2.34. The highest BCUT2D eigenvalue weighted by Crippen LogP contribution is 2.02. The normalized spacial score (nSPS) is 12.7. The molecule has 63 heavy (non-hydrogen) atoms. The van der Waals surface area contributed by atoms with Crippen LogP contribution in [0.2, 0.25) is 0 Å². The van der Waals surface area contributed by atoms with Crippen molar-refractivity contribution in [1.82, 2.24) is 15.3 Å². The smallest absolute Gasteiger partial charge is 0.320 e. The first-order valence-electron chi connectivity index (χ1n) is 19.4. The Bertz CT molecular complexity index is 1490. The van der Waals surface area contributed by atoms with Gasteiger partial charge in [0.2, 0.25) is 0 Å². The summed E-state index contributed by atoms with van der Waals surface area (Å²) in [6.45, 7) is 1.59.